The monoisotopic (exact) mass is 545 g/mol. The summed E-state index contributed by atoms with van der Waals surface area (Å²) >= 11 is 7.08. The second-order valence-electron chi connectivity index (χ2n) is 8.58. The largest absolute Gasteiger partial charge is 0.395 e. The van der Waals surface area contributed by atoms with Gasteiger partial charge in [-0.15, -0.1) is 0 Å². The predicted molar refractivity (Wildman–Crippen MR) is 139 cm³/mol. The first-order valence-corrected chi connectivity index (χ1v) is 12.6. The lowest BCUT2D eigenvalue weighted by atomic mass is 10.0. The molecule has 194 valence electrons. The van der Waals surface area contributed by atoms with Crippen LogP contribution in [0.2, 0.25) is 5.02 Å². The minimum Gasteiger partial charge on any atom is -0.395 e. The van der Waals surface area contributed by atoms with Crippen molar-refractivity contribution in [1.82, 2.24) is 9.69 Å². The van der Waals surface area contributed by atoms with Crippen LogP contribution in [-0.2, 0) is 9.53 Å². The highest BCUT2D eigenvalue weighted by Gasteiger charge is 2.36. The number of amides is 3. The molecule has 37 heavy (non-hydrogen) atoms. The number of hydrogen-bond acceptors (Lipinski definition) is 7. The molecule has 2 atom stereocenters. The molecule has 1 fully saturated rings. The van der Waals surface area contributed by atoms with E-state index in [2.05, 4.69) is 9.69 Å². The zero-order valence-electron chi connectivity index (χ0n) is 19.9. The lowest BCUT2D eigenvalue weighted by Crippen LogP contribution is -2.45. The van der Waals surface area contributed by atoms with Crippen molar-refractivity contribution in [2.75, 3.05) is 23.8 Å². The number of halogens is 2. The number of aryl methyl sites for hydroxylation is 1. The van der Waals surface area contributed by atoms with Crippen molar-refractivity contribution < 1.29 is 23.5 Å². The number of aromatic nitrogens is 1. The Labute approximate surface area is 221 Å². The third-order valence-electron chi connectivity index (χ3n) is 6.03. The third kappa shape index (κ3) is 5.74. The van der Waals surface area contributed by atoms with Crippen LogP contribution in [0.5, 0.6) is 0 Å². The fourth-order valence-corrected chi connectivity index (χ4v) is 4.95. The maximum atomic E-state index is 14.0. The summed E-state index contributed by atoms with van der Waals surface area (Å²) < 4.78 is 23.3. The average Bonchev–Trinajstić information content (AvgIpc) is 3.53. The van der Waals surface area contributed by atoms with Crippen LogP contribution >= 0.6 is 23.1 Å². The molecule has 0 radical (unpaired) electrons. The second kappa shape index (κ2) is 11.2. The molecule has 5 N–H and O–H groups in total. The number of nitrogens with zero attached hydrogens (tertiary/aromatic N) is 2. The van der Waals surface area contributed by atoms with E-state index in [-0.39, 0.29) is 34.6 Å². The molecule has 3 aromatic rings. The molecule has 1 aliphatic heterocycles. The Balaban J connectivity index is 1.82. The number of ether oxygens (including phenoxy) is 1. The van der Waals surface area contributed by atoms with Crippen LogP contribution in [-0.4, -0.2) is 41.4 Å². The van der Waals surface area contributed by atoms with E-state index in [4.69, 9.17) is 27.8 Å². The van der Waals surface area contributed by atoms with E-state index in [1.54, 1.807) is 25.1 Å². The van der Waals surface area contributed by atoms with Gasteiger partial charge in [-0.1, -0.05) is 29.8 Å². The Morgan fingerprint density at radius 1 is 1.27 bits per heavy atom. The van der Waals surface area contributed by atoms with E-state index in [9.17, 15) is 18.8 Å². The molecule has 4 rings (SSSR count). The molecule has 1 aliphatic rings. The van der Waals surface area contributed by atoms with Crippen LogP contribution < -0.4 is 21.7 Å². The lowest BCUT2D eigenvalue weighted by molar-refractivity contribution is -0.123. The zero-order valence-corrected chi connectivity index (χ0v) is 21.4. The summed E-state index contributed by atoms with van der Waals surface area (Å²) in [6.07, 6.45) is 1.54. The number of hydrogen-bond donors (Lipinski definition) is 3. The van der Waals surface area contributed by atoms with Crippen molar-refractivity contribution in [2.45, 2.75) is 31.9 Å². The van der Waals surface area contributed by atoms with Crippen LogP contribution in [0.1, 0.15) is 50.2 Å². The van der Waals surface area contributed by atoms with Gasteiger partial charge in [0.05, 0.1) is 11.8 Å². The van der Waals surface area contributed by atoms with Gasteiger partial charge < -0.3 is 21.5 Å². The van der Waals surface area contributed by atoms with Gasteiger partial charge in [-0.3, -0.25) is 19.3 Å². The molecule has 2 aromatic carbocycles. The SMILES string of the molecule is Cc1ccc(N(C(=O)c2snc(C(N)=O)c2N)[C@@H](C(=O)NC[C@H]2CCCO2)c2ccc(F)cc2)cc1Cl. The van der Waals surface area contributed by atoms with Crippen molar-refractivity contribution in [3.8, 4) is 0 Å². The summed E-state index contributed by atoms with van der Waals surface area (Å²) in [4.78, 5) is 40.5. The molecule has 2 heterocycles. The number of primary amides is 1. The zero-order chi connectivity index (χ0) is 26.7. The number of benzene rings is 2. The molecule has 0 spiro atoms. The van der Waals surface area contributed by atoms with Gasteiger partial charge in [-0.2, -0.15) is 4.37 Å². The molecule has 9 nitrogen and oxygen atoms in total. The molecule has 3 amide bonds. The molecule has 1 saturated heterocycles. The second-order valence-corrected chi connectivity index (χ2v) is 9.76. The molecular formula is C25H25ClFN5O4S. The molecule has 0 unspecified atom stereocenters. The first-order valence-electron chi connectivity index (χ1n) is 11.5. The van der Waals surface area contributed by atoms with Gasteiger partial charge in [0.1, 0.15) is 16.7 Å². The van der Waals surface area contributed by atoms with Crippen LogP contribution in [0, 0.1) is 12.7 Å². The Hall–Kier alpha value is -3.54. The maximum absolute atomic E-state index is 14.0. The van der Waals surface area contributed by atoms with Gasteiger partial charge in [0.2, 0.25) is 5.91 Å². The summed E-state index contributed by atoms with van der Waals surface area (Å²) in [6, 6.07) is 8.89. The van der Waals surface area contributed by atoms with E-state index in [0.29, 0.717) is 28.7 Å². The Kier molecular flexibility index (Phi) is 8.06. The molecule has 0 saturated carbocycles. The van der Waals surface area contributed by atoms with Crippen molar-refractivity contribution >= 4 is 52.2 Å². The number of rotatable bonds is 8. The van der Waals surface area contributed by atoms with Gasteiger partial charge in [0.25, 0.3) is 11.8 Å². The molecule has 1 aromatic heterocycles. The predicted octanol–water partition coefficient (Wildman–Crippen LogP) is 3.61. The summed E-state index contributed by atoms with van der Waals surface area (Å²) in [5, 5.41) is 3.22. The van der Waals surface area contributed by atoms with Gasteiger partial charge in [0.15, 0.2) is 5.69 Å². The topological polar surface area (TPSA) is 141 Å². The van der Waals surface area contributed by atoms with Crippen LogP contribution in [0.3, 0.4) is 0 Å². The summed E-state index contributed by atoms with van der Waals surface area (Å²) in [5.41, 5.74) is 12.3. The highest BCUT2D eigenvalue weighted by atomic mass is 35.5. The summed E-state index contributed by atoms with van der Waals surface area (Å²) in [6.45, 7) is 2.65. The van der Waals surface area contributed by atoms with E-state index < -0.39 is 29.6 Å². The van der Waals surface area contributed by atoms with Gasteiger partial charge in [-0.05, 0) is 66.7 Å². The first kappa shape index (κ1) is 26.5. The Morgan fingerprint density at radius 3 is 2.59 bits per heavy atom. The number of carbonyl (C=O) groups is 3. The quantitative estimate of drug-likeness (QED) is 0.395. The van der Waals surface area contributed by atoms with Crippen molar-refractivity contribution in [3.05, 3.63) is 75.0 Å². The van der Waals surface area contributed by atoms with Gasteiger partial charge in [-0.25, -0.2) is 4.39 Å². The highest BCUT2D eigenvalue weighted by Crippen LogP contribution is 2.35. The molecule has 12 heteroatoms. The summed E-state index contributed by atoms with van der Waals surface area (Å²) in [7, 11) is 0. The van der Waals surface area contributed by atoms with Gasteiger partial charge in [0, 0.05) is 23.9 Å². The van der Waals surface area contributed by atoms with Crippen molar-refractivity contribution in [2.24, 2.45) is 5.73 Å². The lowest BCUT2D eigenvalue weighted by Gasteiger charge is -2.32. The summed E-state index contributed by atoms with van der Waals surface area (Å²) in [5.74, 6) is -2.62. The molecule has 0 bridgehead atoms. The van der Waals surface area contributed by atoms with Gasteiger partial charge >= 0.3 is 0 Å². The van der Waals surface area contributed by atoms with E-state index in [1.165, 1.54) is 29.2 Å². The minimum atomic E-state index is -1.24. The third-order valence-corrected chi connectivity index (χ3v) is 7.29. The van der Waals surface area contributed by atoms with Crippen molar-refractivity contribution in [1.29, 1.82) is 0 Å². The average molecular weight is 546 g/mol. The smallest absolute Gasteiger partial charge is 0.273 e. The van der Waals surface area contributed by atoms with Crippen LogP contribution in [0.4, 0.5) is 15.8 Å². The number of nitrogens with one attached hydrogen (secondary N) is 1. The standard InChI is InChI=1S/C25H25ClFN5O4S/c1-13-4-9-16(11-18(13)26)32(25(35)22-19(28)20(23(29)33)31-37-22)21(14-5-7-15(27)8-6-14)24(34)30-12-17-3-2-10-36-17/h4-9,11,17,21H,2-3,10,12,28H2,1H3,(H2,29,33)(H,30,34)/t17-,21-/m1/s1. The van der Waals surface area contributed by atoms with E-state index >= 15 is 0 Å². The number of nitrogens with two attached hydrogens (primary N) is 2. The maximum Gasteiger partial charge on any atom is 0.273 e. The number of nitrogen functional groups attached to an aromatic ring is 1. The number of anilines is 2. The van der Waals surface area contributed by atoms with Crippen LogP contribution in [0.15, 0.2) is 42.5 Å². The van der Waals surface area contributed by atoms with E-state index in [0.717, 1.165) is 18.4 Å². The highest BCUT2D eigenvalue weighted by molar-refractivity contribution is 7.09. The van der Waals surface area contributed by atoms with Crippen molar-refractivity contribution in [3.63, 3.8) is 0 Å². The molecule has 0 aliphatic carbocycles. The molecular weight excluding hydrogens is 521 g/mol. The number of carbonyl (C=O) groups excluding carboxylic acids is 3. The fourth-order valence-electron chi connectivity index (χ4n) is 4.03. The van der Waals surface area contributed by atoms with E-state index in [1.807, 2.05) is 0 Å². The normalized spacial score (nSPS) is 15.8. The first-order chi connectivity index (χ1) is 17.7. The Morgan fingerprint density at radius 2 is 2.00 bits per heavy atom. The fraction of sp³-hybridized carbons (Fsp3) is 0.280. The Bertz CT molecular complexity index is 1330. The minimum absolute atomic E-state index is 0.0791. The van der Waals surface area contributed by atoms with Crippen LogP contribution in [0.25, 0.3) is 0 Å².